The molecule has 0 unspecified atom stereocenters. The Labute approximate surface area is 152 Å². The van der Waals surface area contributed by atoms with Crippen LogP contribution in [-0.2, 0) is 0 Å². The molecule has 0 heterocycles. The molecule has 3 rings (SSSR count). The van der Waals surface area contributed by atoms with E-state index in [-0.39, 0.29) is 5.91 Å². The van der Waals surface area contributed by atoms with E-state index in [0.717, 1.165) is 11.4 Å². The minimum Gasteiger partial charge on any atom is -0.495 e. The molecule has 0 fully saturated rings. The van der Waals surface area contributed by atoms with Gasteiger partial charge < -0.3 is 20.1 Å². The fourth-order valence-corrected chi connectivity index (χ4v) is 2.56. The largest absolute Gasteiger partial charge is 0.495 e. The predicted molar refractivity (Wildman–Crippen MR) is 104 cm³/mol. The van der Waals surface area contributed by atoms with Gasteiger partial charge >= 0.3 is 0 Å². The second-order valence-electron chi connectivity index (χ2n) is 5.56. The van der Waals surface area contributed by atoms with Gasteiger partial charge in [0.05, 0.1) is 25.6 Å². The number of benzene rings is 3. The molecule has 0 aliphatic heterocycles. The number of carbonyl (C=O) groups excluding carboxylic acids is 1. The molecule has 0 aliphatic rings. The number of hydrogen-bond acceptors (Lipinski definition) is 4. The quantitative estimate of drug-likeness (QED) is 0.678. The van der Waals surface area contributed by atoms with E-state index in [1.807, 2.05) is 54.6 Å². The number of carbonyl (C=O) groups is 1. The number of hydrogen-bond donors (Lipinski definition) is 2. The Morgan fingerprint density at radius 2 is 1.42 bits per heavy atom. The lowest BCUT2D eigenvalue weighted by Crippen LogP contribution is -2.12. The van der Waals surface area contributed by atoms with Crippen molar-refractivity contribution >= 4 is 23.0 Å². The highest BCUT2D eigenvalue weighted by Gasteiger charge is 2.12. The van der Waals surface area contributed by atoms with Gasteiger partial charge in [0.15, 0.2) is 0 Å². The maximum atomic E-state index is 12.5. The van der Waals surface area contributed by atoms with E-state index in [9.17, 15) is 4.79 Å². The van der Waals surface area contributed by atoms with Gasteiger partial charge in [0.2, 0.25) is 0 Å². The van der Waals surface area contributed by atoms with Crippen molar-refractivity contribution in [1.82, 2.24) is 0 Å². The average Bonchev–Trinajstić information content (AvgIpc) is 2.69. The maximum absolute atomic E-state index is 12.5. The van der Waals surface area contributed by atoms with Crippen LogP contribution in [0.25, 0.3) is 0 Å². The number of rotatable bonds is 6. The lowest BCUT2D eigenvalue weighted by atomic mass is 10.1. The van der Waals surface area contributed by atoms with Gasteiger partial charge in [-0.05, 0) is 42.5 Å². The zero-order valence-electron chi connectivity index (χ0n) is 14.7. The first-order valence-corrected chi connectivity index (χ1v) is 8.15. The van der Waals surface area contributed by atoms with Crippen molar-refractivity contribution in [2.45, 2.75) is 0 Å². The van der Waals surface area contributed by atoms with E-state index in [1.54, 1.807) is 32.4 Å². The minimum absolute atomic E-state index is 0.193. The van der Waals surface area contributed by atoms with E-state index >= 15 is 0 Å². The van der Waals surface area contributed by atoms with Gasteiger partial charge in [-0.15, -0.1) is 0 Å². The molecule has 0 radical (unpaired) electrons. The van der Waals surface area contributed by atoms with Gasteiger partial charge in [0.25, 0.3) is 5.91 Å². The SMILES string of the molecule is COc1ccccc1Nc1cc(C(=O)Nc2ccccc2)ccc1OC. The normalized spacial score (nSPS) is 10.1. The van der Waals surface area contributed by atoms with Crippen molar-refractivity contribution in [1.29, 1.82) is 0 Å². The highest BCUT2D eigenvalue weighted by atomic mass is 16.5. The first kappa shape index (κ1) is 17.4. The van der Waals surface area contributed by atoms with E-state index in [4.69, 9.17) is 9.47 Å². The van der Waals surface area contributed by atoms with Gasteiger partial charge in [-0.2, -0.15) is 0 Å². The van der Waals surface area contributed by atoms with Crippen LogP contribution in [0.4, 0.5) is 17.1 Å². The molecular weight excluding hydrogens is 328 g/mol. The molecule has 0 bridgehead atoms. The number of amides is 1. The molecule has 3 aromatic rings. The van der Waals surface area contributed by atoms with Crippen LogP contribution in [0.15, 0.2) is 72.8 Å². The average molecular weight is 348 g/mol. The molecule has 0 spiro atoms. The first-order chi connectivity index (χ1) is 12.7. The van der Waals surface area contributed by atoms with Crippen molar-refractivity contribution in [2.75, 3.05) is 24.9 Å². The highest BCUT2D eigenvalue weighted by molar-refractivity contribution is 6.05. The number of anilines is 3. The standard InChI is InChI=1S/C21H20N2O3/c1-25-19-11-7-6-10-17(19)23-18-14-15(12-13-20(18)26-2)21(24)22-16-8-4-3-5-9-16/h3-14,23H,1-2H3,(H,22,24). The monoisotopic (exact) mass is 348 g/mol. The molecule has 132 valence electrons. The lowest BCUT2D eigenvalue weighted by Gasteiger charge is -2.15. The Kier molecular flexibility index (Phi) is 5.39. The Morgan fingerprint density at radius 1 is 0.769 bits per heavy atom. The van der Waals surface area contributed by atoms with Gasteiger partial charge in [-0.25, -0.2) is 0 Å². The summed E-state index contributed by atoms with van der Waals surface area (Å²) in [4.78, 5) is 12.5. The fourth-order valence-electron chi connectivity index (χ4n) is 2.56. The van der Waals surface area contributed by atoms with E-state index in [0.29, 0.717) is 22.7 Å². The third kappa shape index (κ3) is 3.95. The minimum atomic E-state index is -0.193. The molecule has 5 heteroatoms. The molecule has 0 aliphatic carbocycles. The predicted octanol–water partition coefficient (Wildman–Crippen LogP) is 4.70. The van der Waals surface area contributed by atoms with Crippen LogP contribution in [0.1, 0.15) is 10.4 Å². The Balaban J connectivity index is 1.88. The van der Waals surface area contributed by atoms with Crippen molar-refractivity contribution in [3.63, 3.8) is 0 Å². The zero-order chi connectivity index (χ0) is 18.4. The van der Waals surface area contributed by atoms with Crippen molar-refractivity contribution in [3.05, 3.63) is 78.4 Å². The molecule has 0 aromatic heterocycles. The molecule has 26 heavy (non-hydrogen) atoms. The van der Waals surface area contributed by atoms with Gasteiger partial charge in [0, 0.05) is 11.3 Å². The Morgan fingerprint density at radius 3 is 2.15 bits per heavy atom. The maximum Gasteiger partial charge on any atom is 0.255 e. The Hall–Kier alpha value is -3.47. The van der Waals surface area contributed by atoms with Crippen molar-refractivity contribution in [3.8, 4) is 11.5 Å². The summed E-state index contributed by atoms with van der Waals surface area (Å²) >= 11 is 0. The van der Waals surface area contributed by atoms with E-state index in [1.165, 1.54) is 0 Å². The summed E-state index contributed by atoms with van der Waals surface area (Å²) in [5.41, 5.74) is 2.73. The lowest BCUT2D eigenvalue weighted by molar-refractivity contribution is 0.102. The summed E-state index contributed by atoms with van der Waals surface area (Å²) in [6.45, 7) is 0. The second kappa shape index (κ2) is 8.07. The topological polar surface area (TPSA) is 59.6 Å². The van der Waals surface area contributed by atoms with Crippen LogP contribution < -0.4 is 20.1 Å². The summed E-state index contributed by atoms with van der Waals surface area (Å²) in [6, 6.07) is 22.1. The summed E-state index contributed by atoms with van der Waals surface area (Å²) in [5.74, 6) is 1.14. The Bertz CT molecular complexity index is 895. The number of nitrogens with one attached hydrogen (secondary N) is 2. The number of methoxy groups -OCH3 is 2. The van der Waals surface area contributed by atoms with E-state index < -0.39 is 0 Å². The number of para-hydroxylation sites is 3. The molecule has 0 saturated heterocycles. The second-order valence-corrected chi connectivity index (χ2v) is 5.56. The summed E-state index contributed by atoms with van der Waals surface area (Å²) < 4.78 is 10.8. The molecule has 1 amide bonds. The number of ether oxygens (including phenoxy) is 2. The smallest absolute Gasteiger partial charge is 0.255 e. The van der Waals surface area contributed by atoms with E-state index in [2.05, 4.69) is 10.6 Å². The fraction of sp³-hybridized carbons (Fsp3) is 0.0952. The zero-order valence-corrected chi connectivity index (χ0v) is 14.7. The summed E-state index contributed by atoms with van der Waals surface area (Å²) in [5, 5.41) is 6.15. The van der Waals surface area contributed by atoms with Gasteiger partial charge in [-0.1, -0.05) is 30.3 Å². The molecule has 2 N–H and O–H groups in total. The first-order valence-electron chi connectivity index (χ1n) is 8.15. The van der Waals surface area contributed by atoms with Crippen LogP contribution in [0.3, 0.4) is 0 Å². The van der Waals surface area contributed by atoms with Gasteiger partial charge in [-0.3, -0.25) is 4.79 Å². The van der Waals surface area contributed by atoms with Crippen molar-refractivity contribution in [2.24, 2.45) is 0 Å². The summed E-state index contributed by atoms with van der Waals surface area (Å²) in [6.07, 6.45) is 0. The molecule has 5 nitrogen and oxygen atoms in total. The molecular formula is C21H20N2O3. The van der Waals surface area contributed by atoms with Crippen LogP contribution in [0, 0.1) is 0 Å². The third-order valence-corrected chi connectivity index (χ3v) is 3.87. The molecule has 0 saturated carbocycles. The van der Waals surface area contributed by atoms with Crippen LogP contribution >= 0.6 is 0 Å². The van der Waals surface area contributed by atoms with Crippen molar-refractivity contribution < 1.29 is 14.3 Å². The van der Waals surface area contributed by atoms with Crippen LogP contribution in [0.5, 0.6) is 11.5 Å². The summed E-state index contributed by atoms with van der Waals surface area (Å²) in [7, 11) is 3.20. The third-order valence-electron chi connectivity index (χ3n) is 3.87. The van der Waals surface area contributed by atoms with Crippen LogP contribution in [-0.4, -0.2) is 20.1 Å². The molecule has 0 atom stereocenters. The van der Waals surface area contributed by atoms with Crippen LogP contribution in [0.2, 0.25) is 0 Å². The molecule has 3 aromatic carbocycles. The highest BCUT2D eigenvalue weighted by Crippen LogP contribution is 2.33. The van der Waals surface area contributed by atoms with Gasteiger partial charge in [0.1, 0.15) is 11.5 Å².